The van der Waals surface area contributed by atoms with Crippen LogP contribution in [0.1, 0.15) is 44.7 Å². The molecule has 2 aromatic rings. The van der Waals surface area contributed by atoms with E-state index in [1.54, 1.807) is 24.3 Å². The molecule has 27 heavy (non-hydrogen) atoms. The summed E-state index contributed by atoms with van der Waals surface area (Å²) in [5.74, 6) is 0.0434. The van der Waals surface area contributed by atoms with Crippen LogP contribution in [0.5, 0.6) is 0 Å². The van der Waals surface area contributed by atoms with Crippen molar-refractivity contribution in [2.45, 2.75) is 56.4 Å². The second-order valence-electron chi connectivity index (χ2n) is 7.39. The van der Waals surface area contributed by atoms with E-state index in [9.17, 15) is 13.2 Å². The number of amides is 1. The number of sulfonamides is 1. The SMILES string of the molecule is CCc1ccc(S(=O)(=O)Nc2ccc(C3(C(=O)NC(C)C)CC3)cc2)cc1. The predicted octanol–water partition coefficient (Wildman–Crippen LogP) is 3.61. The first-order chi connectivity index (χ1) is 12.8. The monoisotopic (exact) mass is 386 g/mol. The van der Waals surface area contributed by atoms with Crippen molar-refractivity contribution in [1.29, 1.82) is 0 Å². The molecule has 0 aromatic heterocycles. The molecule has 0 bridgehead atoms. The molecule has 1 fully saturated rings. The first-order valence-electron chi connectivity index (χ1n) is 9.30. The van der Waals surface area contributed by atoms with E-state index in [-0.39, 0.29) is 16.8 Å². The highest BCUT2D eigenvalue weighted by Gasteiger charge is 2.51. The zero-order valence-corrected chi connectivity index (χ0v) is 16.8. The molecule has 1 aliphatic rings. The van der Waals surface area contributed by atoms with Gasteiger partial charge < -0.3 is 5.32 Å². The van der Waals surface area contributed by atoms with Crippen molar-refractivity contribution in [2.75, 3.05) is 4.72 Å². The highest BCUT2D eigenvalue weighted by Crippen LogP contribution is 2.48. The number of rotatable bonds is 7. The smallest absolute Gasteiger partial charge is 0.261 e. The largest absolute Gasteiger partial charge is 0.353 e. The Hall–Kier alpha value is -2.34. The third kappa shape index (κ3) is 4.16. The van der Waals surface area contributed by atoms with Gasteiger partial charge in [0.15, 0.2) is 0 Å². The fourth-order valence-corrected chi connectivity index (χ4v) is 4.21. The minimum atomic E-state index is -3.63. The Morgan fingerprint density at radius 2 is 1.63 bits per heavy atom. The van der Waals surface area contributed by atoms with Crippen molar-refractivity contribution in [3.05, 3.63) is 59.7 Å². The topological polar surface area (TPSA) is 75.3 Å². The van der Waals surface area contributed by atoms with Crippen molar-refractivity contribution >= 4 is 21.6 Å². The first kappa shape index (κ1) is 19.4. The summed E-state index contributed by atoms with van der Waals surface area (Å²) in [6.45, 7) is 5.91. The molecule has 1 saturated carbocycles. The summed E-state index contributed by atoms with van der Waals surface area (Å²) in [7, 11) is -3.63. The fraction of sp³-hybridized carbons (Fsp3) is 0.381. The number of anilines is 1. The van der Waals surface area contributed by atoms with Crippen molar-refractivity contribution < 1.29 is 13.2 Å². The lowest BCUT2D eigenvalue weighted by Crippen LogP contribution is -2.38. The van der Waals surface area contributed by atoms with Crippen LogP contribution in [0.25, 0.3) is 0 Å². The summed E-state index contributed by atoms with van der Waals surface area (Å²) >= 11 is 0. The zero-order chi connectivity index (χ0) is 19.7. The molecule has 0 spiro atoms. The molecule has 2 N–H and O–H groups in total. The molecule has 5 nitrogen and oxygen atoms in total. The van der Waals surface area contributed by atoms with Crippen LogP contribution in [0.3, 0.4) is 0 Å². The van der Waals surface area contributed by atoms with Crippen molar-refractivity contribution in [2.24, 2.45) is 0 Å². The molecule has 0 radical (unpaired) electrons. The minimum Gasteiger partial charge on any atom is -0.353 e. The summed E-state index contributed by atoms with van der Waals surface area (Å²) in [4.78, 5) is 12.7. The quantitative estimate of drug-likeness (QED) is 0.763. The van der Waals surface area contributed by atoms with Gasteiger partial charge in [-0.05, 0) is 68.5 Å². The third-order valence-corrected chi connectivity index (χ3v) is 6.33. The van der Waals surface area contributed by atoms with Gasteiger partial charge in [-0.3, -0.25) is 9.52 Å². The molecule has 0 aliphatic heterocycles. The van der Waals surface area contributed by atoms with Crippen LogP contribution in [-0.2, 0) is 26.7 Å². The number of carbonyl (C=O) groups is 1. The highest BCUT2D eigenvalue weighted by molar-refractivity contribution is 7.92. The van der Waals surface area contributed by atoms with Gasteiger partial charge >= 0.3 is 0 Å². The van der Waals surface area contributed by atoms with Gasteiger partial charge in [-0.2, -0.15) is 0 Å². The average molecular weight is 387 g/mol. The van der Waals surface area contributed by atoms with E-state index < -0.39 is 15.4 Å². The summed E-state index contributed by atoms with van der Waals surface area (Å²) in [6, 6.07) is 14.1. The van der Waals surface area contributed by atoms with Gasteiger partial charge in [0, 0.05) is 11.7 Å². The van der Waals surface area contributed by atoms with E-state index in [2.05, 4.69) is 10.0 Å². The third-order valence-electron chi connectivity index (χ3n) is 4.94. The zero-order valence-electron chi connectivity index (χ0n) is 16.0. The van der Waals surface area contributed by atoms with Crippen LogP contribution in [0.4, 0.5) is 5.69 Å². The summed E-state index contributed by atoms with van der Waals surface area (Å²) in [5.41, 5.74) is 2.04. The van der Waals surface area contributed by atoms with Gasteiger partial charge in [-0.15, -0.1) is 0 Å². The Labute approximate surface area is 161 Å². The molecular formula is C21H26N2O3S. The molecule has 6 heteroatoms. The van der Waals surface area contributed by atoms with E-state index in [0.717, 1.165) is 30.4 Å². The Morgan fingerprint density at radius 3 is 2.11 bits per heavy atom. The molecule has 0 unspecified atom stereocenters. The van der Waals surface area contributed by atoms with E-state index in [1.165, 1.54) is 0 Å². The van der Waals surface area contributed by atoms with E-state index >= 15 is 0 Å². The van der Waals surface area contributed by atoms with Crippen molar-refractivity contribution in [3.63, 3.8) is 0 Å². The maximum absolute atomic E-state index is 12.5. The number of aryl methyl sites for hydroxylation is 1. The minimum absolute atomic E-state index is 0.0434. The Balaban J connectivity index is 1.75. The first-order valence-corrected chi connectivity index (χ1v) is 10.8. The summed E-state index contributed by atoms with van der Waals surface area (Å²) in [5, 5.41) is 2.98. The molecule has 0 atom stereocenters. The van der Waals surface area contributed by atoms with Crippen molar-refractivity contribution in [1.82, 2.24) is 5.32 Å². The highest BCUT2D eigenvalue weighted by atomic mass is 32.2. The van der Waals surface area contributed by atoms with Crippen LogP contribution in [-0.4, -0.2) is 20.4 Å². The second kappa shape index (κ2) is 7.35. The van der Waals surface area contributed by atoms with E-state index in [4.69, 9.17) is 0 Å². The van der Waals surface area contributed by atoms with Crippen LogP contribution >= 0.6 is 0 Å². The second-order valence-corrected chi connectivity index (χ2v) is 9.07. The van der Waals surface area contributed by atoms with Crippen LogP contribution < -0.4 is 10.0 Å². The van der Waals surface area contributed by atoms with Gasteiger partial charge in [0.2, 0.25) is 5.91 Å². The molecular weight excluding hydrogens is 360 g/mol. The lowest BCUT2D eigenvalue weighted by Gasteiger charge is -2.18. The molecule has 1 amide bonds. The van der Waals surface area contributed by atoms with Gasteiger partial charge in [0.05, 0.1) is 10.3 Å². The Morgan fingerprint density at radius 1 is 1.04 bits per heavy atom. The predicted molar refractivity (Wildman–Crippen MR) is 107 cm³/mol. The molecule has 144 valence electrons. The van der Waals surface area contributed by atoms with Crippen LogP contribution in [0.15, 0.2) is 53.4 Å². The standard InChI is InChI=1S/C21H26N2O3S/c1-4-16-5-11-19(12-6-16)27(25,26)23-18-9-7-17(8-10-18)21(13-14-21)20(24)22-15(2)3/h5-12,15,23H,4,13-14H2,1-3H3,(H,22,24). The van der Waals surface area contributed by atoms with E-state index in [0.29, 0.717) is 5.69 Å². The summed E-state index contributed by atoms with van der Waals surface area (Å²) < 4.78 is 27.7. The van der Waals surface area contributed by atoms with Crippen molar-refractivity contribution in [3.8, 4) is 0 Å². The summed E-state index contributed by atoms with van der Waals surface area (Å²) in [6.07, 6.45) is 2.50. The normalized spacial score (nSPS) is 15.4. The van der Waals surface area contributed by atoms with Crippen LogP contribution in [0.2, 0.25) is 0 Å². The van der Waals surface area contributed by atoms with Gasteiger partial charge in [0.25, 0.3) is 10.0 Å². The van der Waals surface area contributed by atoms with Gasteiger partial charge in [-0.1, -0.05) is 31.2 Å². The number of hydrogen-bond acceptors (Lipinski definition) is 3. The average Bonchev–Trinajstić information content (AvgIpc) is 3.43. The fourth-order valence-electron chi connectivity index (χ4n) is 3.15. The van der Waals surface area contributed by atoms with Gasteiger partial charge in [0.1, 0.15) is 0 Å². The lowest BCUT2D eigenvalue weighted by atomic mass is 9.94. The lowest BCUT2D eigenvalue weighted by molar-refractivity contribution is -0.124. The maximum Gasteiger partial charge on any atom is 0.261 e. The maximum atomic E-state index is 12.5. The molecule has 2 aromatic carbocycles. The molecule has 0 heterocycles. The van der Waals surface area contributed by atoms with E-state index in [1.807, 2.05) is 45.0 Å². The Kier molecular flexibility index (Phi) is 5.29. The number of nitrogens with one attached hydrogen (secondary N) is 2. The number of benzene rings is 2. The Bertz CT molecular complexity index is 913. The van der Waals surface area contributed by atoms with Crippen LogP contribution in [0, 0.1) is 0 Å². The number of hydrogen-bond donors (Lipinski definition) is 2. The molecule has 0 saturated heterocycles. The number of carbonyl (C=O) groups excluding carboxylic acids is 1. The molecule has 3 rings (SSSR count). The molecule has 1 aliphatic carbocycles. The van der Waals surface area contributed by atoms with Gasteiger partial charge in [-0.25, -0.2) is 8.42 Å².